The van der Waals surface area contributed by atoms with Crippen molar-refractivity contribution in [3.8, 4) is 0 Å². The Morgan fingerprint density at radius 1 is 1.24 bits per heavy atom. The molecule has 17 heavy (non-hydrogen) atoms. The highest BCUT2D eigenvalue weighted by Gasteiger charge is 2.28. The topological polar surface area (TPSA) is 29.3 Å². The Hall–Kier alpha value is -1.00. The molecule has 0 spiro atoms. The molecular weight excluding hydrogens is 222 g/mol. The van der Waals surface area contributed by atoms with Crippen molar-refractivity contribution in [1.82, 2.24) is 4.90 Å². The Morgan fingerprint density at radius 2 is 1.88 bits per heavy atom. The zero-order chi connectivity index (χ0) is 12.4. The highest BCUT2D eigenvalue weighted by molar-refractivity contribution is 5.24. The first-order valence-electron chi connectivity index (χ1n) is 6.04. The largest absolute Gasteiger partial charge is 0.326 e. The van der Waals surface area contributed by atoms with E-state index >= 15 is 0 Å². The van der Waals surface area contributed by atoms with Crippen molar-refractivity contribution in [2.75, 3.05) is 13.1 Å². The molecule has 0 amide bonds. The van der Waals surface area contributed by atoms with Gasteiger partial charge in [-0.3, -0.25) is 4.90 Å². The molecule has 0 bridgehead atoms. The van der Waals surface area contributed by atoms with Crippen LogP contribution in [-0.4, -0.2) is 24.0 Å². The van der Waals surface area contributed by atoms with Gasteiger partial charge in [-0.1, -0.05) is 0 Å². The summed E-state index contributed by atoms with van der Waals surface area (Å²) in [6, 6.07) is 3.14. The van der Waals surface area contributed by atoms with Crippen molar-refractivity contribution in [3.05, 3.63) is 35.4 Å². The maximum absolute atomic E-state index is 13.8. The molecule has 0 aromatic heterocycles. The van der Waals surface area contributed by atoms with Crippen LogP contribution in [0.5, 0.6) is 0 Å². The van der Waals surface area contributed by atoms with Crippen LogP contribution in [-0.2, 0) is 0 Å². The lowest BCUT2D eigenvalue weighted by atomic mass is 9.99. The normalized spacial score (nSPS) is 20.5. The summed E-state index contributed by atoms with van der Waals surface area (Å²) < 4.78 is 27.0. The molecule has 1 heterocycles. The number of hydrogen-bond donors (Lipinski definition) is 1. The molecule has 1 fully saturated rings. The van der Waals surface area contributed by atoms with Gasteiger partial charge in [0.05, 0.1) is 6.04 Å². The summed E-state index contributed by atoms with van der Waals surface area (Å²) in [5, 5.41) is 0. The van der Waals surface area contributed by atoms with E-state index in [2.05, 4.69) is 4.90 Å². The summed E-state index contributed by atoms with van der Waals surface area (Å²) in [5.41, 5.74) is 6.31. The van der Waals surface area contributed by atoms with Gasteiger partial charge in [0.2, 0.25) is 0 Å². The number of halogens is 2. The molecular formula is C13H18F2N2. The zero-order valence-corrected chi connectivity index (χ0v) is 10.00. The molecule has 2 unspecified atom stereocenters. The maximum Gasteiger partial charge on any atom is 0.128 e. The van der Waals surface area contributed by atoms with Crippen molar-refractivity contribution in [1.29, 1.82) is 0 Å². The molecule has 94 valence electrons. The second-order valence-corrected chi connectivity index (χ2v) is 4.71. The van der Waals surface area contributed by atoms with Gasteiger partial charge in [0, 0.05) is 11.6 Å². The van der Waals surface area contributed by atoms with Crippen LogP contribution < -0.4 is 5.73 Å². The van der Waals surface area contributed by atoms with Crippen LogP contribution in [0.2, 0.25) is 0 Å². The number of likely N-dealkylation sites (tertiary alicyclic amines) is 1. The summed E-state index contributed by atoms with van der Waals surface area (Å²) in [6.45, 7) is 3.65. The third-order valence-electron chi connectivity index (χ3n) is 3.31. The average molecular weight is 240 g/mol. The Bertz CT molecular complexity index is 387. The highest BCUT2D eigenvalue weighted by Crippen LogP contribution is 2.29. The third-order valence-corrected chi connectivity index (χ3v) is 3.31. The molecule has 4 heteroatoms. The molecule has 1 aliphatic heterocycles. The predicted octanol–water partition coefficient (Wildman–Crippen LogP) is 2.45. The molecule has 1 aliphatic rings. The second-order valence-electron chi connectivity index (χ2n) is 4.71. The monoisotopic (exact) mass is 240 g/mol. The smallest absolute Gasteiger partial charge is 0.128 e. The van der Waals surface area contributed by atoms with Crippen molar-refractivity contribution in [2.45, 2.75) is 31.8 Å². The van der Waals surface area contributed by atoms with E-state index in [0.717, 1.165) is 32.0 Å². The molecule has 1 aromatic carbocycles. The summed E-state index contributed by atoms with van der Waals surface area (Å²) in [6.07, 6.45) is 2.19. The first kappa shape index (κ1) is 12.5. The van der Waals surface area contributed by atoms with E-state index in [4.69, 9.17) is 5.73 Å². The number of nitrogens with two attached hydrogens (primary N) is 1. The van der Waals surface area contributed by atoms with E-state index in [1.807, 2.05) is 6.92 Å². The molecule has 2 nitrogen and oxygen atoms in total. The Morgan fingerprint density at radius 3 is 2.47 bits per heavy atom. The van der Waals surface area contributed by atoms with Crippen LogP contribution in [0.3, 0.4) is 0 Å². The highest BCUT2D eigenvalue weighted by atomic mass is 19.1. The van der Waals surface area contributed by atoms with Gasteiger partial charge in [-0.2, -0.15) is 0 Å². The van der Waals surface area contributed by atoms with Gasteiger partial charge in [-0.15, -0.1) is 0 Å². The van der Waals surface area contributed by atoms with Gasteiger partial charge < -0.3 is 5.73 Å². The standard InChI is InChI=1S/C13H18F2N2/c1-9(16)13(17-6-2-3-7-17)11-8-10(14)4-5-12(11)15/h4-5,8-9,13H,2-3,6-7,16H2,1H3. The summed E-state index contributed by atoms with van der Waals surface area (Å²) in [4.78, 5) is 2.14. The second kappa shape index (κ2) is 5.10. The number of rotatable bonds is 3. The van der Waals surface area contributed by atoms with Gasteiger partial charge in [0.15, 0.2) is 0 Å². The predicted molar refractivity (Wildman–Crippen MR) is 63.6 cm³/mol. The fourth-order valence-electron chi connectivity index (χ4n) is 2.57. The maximum atomic E-state index is 13.8. The van der Waals surface area contributed by atoms with E-state index in [1.54, 1.807) is 0 Å². The van der Waals surface area contributed by atoms with E-state index in [1.165, 1.54) is 12.1 Å². The third kappa shape index (κ3) is 2.64. The molecule has 1 aromatic rings. The van der Waals surface area contributed by atoms with Gasteiger partial charge in [-0.25, -0.2) is 8.78 Å². The lowest BCUT2D eigenvalue weighted by Gasteiger charge is -2.31. The first-order chi connectivity index (χ1) is 8.09. The van der Waals surface area contributed by atoms with E-state index in [0.29, 0.717) is 5.56 Å². The number of nitrogens with zero attached hydrogens (tertiary/aromatic N) is 1. The van der Waals surface area contributed by atoms with Crippen molar-refractivity contribution < 1.29 is 8.78 Å². The summed E-state index contributed by atoms with van der Waals surface area (Å²) >= 11 is 0. The fourth-order valence-corrected chi connectivity index (χ4v) is 2.57. The minimum absolute atomic E-state index is 0.218. The summed E-state index contributed by atoms with van der Waals surface area (Å²) in [7, 11) is 0. The van der Waals surface area contributed by atoms with Crippen LogP contribution in [0.4, 0.5) is 8.78 Å². The zero-order valence-electron chi connectivity index (χ0n) is 10.00. The van der Waals surface area contributed by atoms with Gasteiger partial charge >= 0.3 is 0 Å². The molecule has 2 atom stereocenters. The van der Waals surface area contributed by atoms with Crippen LogP contribution in [0.25, 0.3) is 0 Å². The van der Waals surface area contributed by atoms with Crippen LogP contribution >= 0.6 is 0 Å². The molecule has 0 aliphatic carbocycles. The molecule has 0 radical (unpaired) electrons. The lowest BCUT2D eigenvalue weighted by Crippen LogP contribution is -2.38. The van der Waals surface area contributed by atoms with E-state index < -0.39 is 5.82 Å². The molecule has 2 N–H and O–H groups in total. The Balaban J connectivity index is 2.34. The Kier molecular flexibility index (Phi) is 3.74. The molecule has 1 saturated heterocycles. The number of hydrogen-bond acceptors (Lipinski definition) is 2. The van der Waals surface area contributed by atoms with Crippen molar-refractivity contribution >= 4 is 0 Å². The van der Waals surface area contributed by atoms with Crippen LogP contribution in [0.1, 0.15) is 31.4 Å². The first-order valence-corrected chi connectivity index (χ1v) is 6.04. The minimum Gasteiger partial charge on any atom is -0.326 e. The van der Waals surface area contributed by atoms with E-state index in [-0.39, 0.29) is 17.9 Å². The fraction of sp³-hybridized carbons (Fsp3) is 0.538. The van der Waals surface area contributed by atoms with Gasteiger partial charge in [-0.05, 0) is 51.1 Å². The van der Waals surface area contributed by atoms with Gasteiger partial charge in [0.25, 0.3) is 0 Å². The van der Waals surface area contributed by atoms with Crippen LogP contribution in [0, 0.1) is 11.6 Å². The van der Waals surface area contributed by atoms with Crippen molar-refractivity contribution in [3.63, 3.8) is 0 Å². The minimum atomic E-state index is -0.411. The number of benzene rings is 1. The van der Waals surface area contributed by atoms with Crippen LogP contribution in [0.15, 0.2) is 18.2 Å². The summed E-state index contributed by atoms with van der Waals surface area (Å²) in [5.74, 6) is -0.785. The molecule has 2 rings (SSSR count). The quantitative estimate of drug-likeness (QED) is 0.879. The molecule has 0 saturated carbocycles. The lowest BCUT2D eigenvalue weighted by molar-refractivity contribution is 0.214. The van der Waals surface area contributed by atoms with Gasteiger partial charge in [0.1, 0.15) is 11.6 Å². The average Bonchev–Trinajstić information content (AvgIpc) is 2.76. The van der Waals surface area contributed by atoms with E-state index in [9.17, 15) is 8.78 Å². The Labute approximate surface area is 100 Å². The SMILES string of the molecule is CC(N)C(c1cc(F)ccc1F)N1CCCC1. The van der Waals surface area contributed by atoms with Crippen molar-refractivity contribution in [2.24, 2.45) is 5.73 Å².